The first-order chi connectivity index (χ1) is 19.3. The molecule has 2 N–H and O–H groups in total. The van der Waals surface area contributed by atoms with Crippen LogP contribution in [0.5, 0.6) is 0 Å². The number of aliphatic carboxylic acids is 1. The Morgan fingerprint density at radius 1 is 1.00 bits per heavy atom. The Kier molecular flexibility index (Phi) is 11.6. The van der Waals surface area contributed by atoms with Crippen molar-refractivity contribution < 1.29 is 32.7 Å². The van der Waals surface area contributed by atoms with Crippen LogP contribution in [0.15, 0.2) is 48.5 Å². The number of amides is 2. The molecular weight excluding hydrogens is 596 g/mol. The van der Waals surface area contributed by atoms with E-state index < -0.39 is 12.1 Å². The van der Waals surface area contributed by atoms with Crippen LogP contribution < -0.4 is 5.32 Å². The fraction of sp³-hybridized carbons (Fsp3) is 0.379. The Bertz CT molecular complexity index is 1420. The molecule has 228 valence electrons. The van der Waals surface area contributed by atoms with Gasteiger partial charge in [-0.15, -0.1) is 0 Å². The summed E-state index contributed by atoms with van der Waals surface area (Å²) < 4.78 is 33.4. The maximum atomic E-state index is 13.2. The molecule has 0 aliphatic rings. The quantitative estimate of drug-likeness (QED) is 0.289. The number of carboxylic acids is 1. The molecule has 0 bridgehead atoms. The summed E-state index contributed by atoms with van der Waals surface area (Å²) in [6.45, 7) is 11.9. The van der Waals surface area contributed by atoms with E-state index in [1.54, 1.807) is 27.8 Å². The average Bonchev–Trinajstić information content (AvgIpc) is 3.32. The molecule has 0 atom stereocenters. The average molecular weight is 630 g/mol. The van der Waals surface area contributed by atoms with E-state index in [1.807, 2.05) is 65.0 Å². The Morgan fingerprint density at radius 3 is 2.02 bits per heavy atom. The fourth-order valence-corrected chi connectivity index (χ4v) is 3.82. The van der Waals surface area contributed by atoms with E-state index in [2.05, 4.69) is 12.2 Å². The maximum absolute atomic E-state index is 13.2. The van der Waals surface area contributed by atoms with Crippen molar-refractivity contribution in [1.29, 1.82) is 0 Å². The number of carbonyl (C=O) groups excluding carboxylic acids is 2. The molecule has 42 heavy (non-hydrogen) atoms. The van der Waals surface area contributed by atoms with Crippen LogP contribution in [0, 0.1) is 0 Å². The van der Waals surface area contributed by atoms with Gasteiger partial charge in [0.05, 0.1) is 21.4 Å². The van der Waals surface area contributed by atoms with Gasteiger partial charge < -0.3 is 15.3 Å². The smallest absolute Gasteiger partial charge is 0.475 e. The summed E-state index contributed by atoms with van der Waals surface area (Å²) in [5.41, 5.74) is 2.93. The molecule has 3 aromatic rings. The number of carboxylic acid groups (broad SMARTS) is 1. The minimum absolute atomic E-state index is 0.0938. The summed E-state index contributed by atoms with van der Waals surface area (Å²) in [6.07, 6.45) is -4.19. The number of aryl methyl sites for hydroxylation is 1. The van der Waals surface area contributed by atoms with Gasteiger partial charge in [0.15, 0.2) is 0 Å². The first-order valence-electron chi connectivity index (χ1n) is 12.9. The van der Waals surface area contributed by atoms with Crippen molar-refractivity contribution in [2.45, 2.75) is 65.6 Å². The van der Waals surface area contributed by atoms with Gasteiger partial charge in [-0.3, -0.25) is 9.59 Å². The van der Waals surface area contributed by atoms with Gasteiger partial charge in [-0.25, -0.2) is 9.48 Å². The highest BCUT2D eigenvalue weighted by atomic mass is 35.5. The molecule has 3 rings (SSSR count). The summed E-state index contributed by atoms with van der Waals surface area (Å²) in [6, 6.07) is 14.3. The maximum Gasteiger partial charge on any atom is 0.490 e. The standard InChI is InChI=1S/C27H32Cl2N4O2.C2HF3O2/c1-7-18-8-10-19(11-9-18)26(35)32(17(2)3)16-25(34)30-24-15-23(27(4,5)6)31-33(24)20-12-13-21(28)22(29)14-20;3-2(4,5)1(6)7/h8-15,17H,7,16H2,1-6H3,(H,30,34);(H,6,7). The number of nitrogens with zero attached hydrogens (tertiary/aromatic N) is 3. The predicted molar refractivity (Wildman–Crippen MR) is 157 cm³/mol. The minimum atomic E-state index is -5.08. The number of hydrogen-bond donors (Lipinski definition) is 2. The molecule has 1 aromatic heterocycles. The highest BCUT2D eigenvalue weighted by Crippen LogP contribution is 2.29. The molecule has 0 saturated carbocycles. The molecule has 0 unspecified atom stereocenters. The van der Waals surface area contributed by atoms with Gasteiger partial charge in [0, 0.05) is 23.1 Å². The van der Waals surface area contributed by atoms with Crippen molar-refractivity contribution in [3.63, 3.8) is 0 Å². The zero-order valence-corrected chi connectivity index (χ0v) is 25.5. The van der Waals surface area contributed by atoms with Gasteiger partial charge in [-0.2, -0.15) is 18.3 Å². The second kappa shape index (κ2) is 14.1. The van der Waals surface area contributed by atoms with Gasteiger partial charge in [-0.1, -0.05) is 63.0 Å². The molecule has 0 fully saturated rings. The monoisotopic (exact) mass is 628 g/mol. The molecule has 2 aromatic carbocycles. The number of halogens is 5. The Labute approximate surface area is 252 Å². The summed E-state index contributed by atoms with van der Waals surface area (Å²) in [5.74, 6) is -2.78. The summed E-state index contributed by atoms with van der Waals surface area (Å²) in [4.78, 5) is 36.8. The molecular formula is C29H33Cl2F3N4O4. The SMILES string of the molecule is CCc1ccc(C(=O)N(CC(=O)Nc2cc(C(C)(C)C)nn2-c2ccc(Cl)c(Cl)c2)C(C)C)cc1.O=C(O)C(F)(F)F. The number of anilines is 1. The van der Waals surface area contributed by atoms with E-state index in [0.717, 1.165) is 17.7 Å². The van der Waals surface area contributed by atoms with Gasteiger partial charge in [0.2, 0.25) is 5.91 Å². The lowest BCUT2D eigenvalue weighted by Gasteiger charge is -2.26. The molecule has 13 heteroatoms. The molecule has 0 aliphatic carbocycles. The summed E-state index contributed by atoms with van der Waals surface area (Å²) >= 11 is 12.3. The summed E-state index contributed by atoms with van der Waals surface area (Å²) in [5, 5.41) is 15.6. The second-order valence-corrected chi connectivity index (χ2v) is 11.4. The highest BCUT2D eigenvalue weighted by molar-refractivity contribution is 6.42. The lowest BCUT2D eigenvalue weighted by Crippen LogP contribution is -2.42. The first-order valence-corrected chi connectivity index (χ1v) is 13.7. The largest absolute Gasteiger partial charge is 0.490 e. The molecule has 1 heterocycles. The van der Waals surface area contributed by atoms with Crippen LogP contribution in [0.2, 0.25) is 10.0 Å². The number of aromatic nitrogens is 2. The third-order valence-electron chi connectivity index (χ3n) is 5.94. The van der Waals surface area contributed by atoms with Crippen LogP contribution in [0.25, 0.3) is 5.69 Å². The number of benzene rings is 2. The molecule has 0 aliphatic heterocycles. The first kappa shape index (κ1) is 34.6. The van der Waals surface area contributed by atoms with E-state index in [9.17, 15) is 22.8 Å². The van der Waals surface area contributed by atoms with Crippen molar-refractivity contribution >= 4 is 46.8 Å². The van der Waals surface area contributed by atoms with E-state index in [-0.39, 0.29) is 29.8 Å². The highest BCUT2D eigenvalue weighted by Gasteiger charge is 2.38. The molecule has 2 amide bonds. The van der Waals surface area contributed by atoms with E-state index in [4.69, 9.17) is 38.2 Å². The van der Waals surface area contributed by atoms with Crippen molar-refractivity contribution in [1.82, 2.24) is 14.7 Å². The van der Waals surface area contributed by atoms with E-state index in [1.165, 1.54) is 0 Å². The van der Waals surface area contributed by atoms with Crippen molar-refractivity contribution in [3.05, 3.63) is 75.4 Å². The number of rotatable bonds is 7. The lowest BCUT2D eigenvalue weighted by molar-refractivity contribution is -0.192. The molecule has 0 saturated heterocycles. The van der Waals surface area contributed by atoms with Crippen LogP contribution >= 0.6 is 23.2 Å². The normalized spacial score (nSPS) is 11.5. The number of nitrogens with one attached hydrogen (secondary N) is 1. The minimum Gasteiger partial charge on any atom is -0.475 e. The Hall–Kier alpha value is -3.57. The zero-order valence-electron chi connectivity index (χ0n) is 24.0. The molecule has 0 spiro atoms. The predicted octanol–water partition coefficient (Wildman–Crippen LogP) is 7.16. The van der Waals surface area contributed by atoms with Crippen molar-refractivity contribution in [3.8, 4) is 5.69 Å². The molecule has 0 radical (unpaired) electrons. The number of hydrogen-bond acceptors (Lipinski definition) is 4. The van der Waals surface area contributed by atoms with Gasteiger partial charge >= 0.3 is 12.1 Å². The Balaban J connectivity index is 0.000000782. The third kappa shape index (κ3) is 9.49. The Morgan fingerprint density at radius 2 is 1.57 bits per heavy atom. The number of alkyl halides is 3. The molecule has 8 nitrogen and oxygen atoms in total. The van der Waals surface area contributed by atoms with Gasteiger partial charge in [0.1, 0.15) is 12.4 Å². The topological polar surface area (TPSA) is 105 Å². The lowest BCUT2D eigenvalue weighted by atomic mass is 9.92. The van der Waals surface area contributed by atoms with Crippen molar-refractivity contribution in [2.75, 3.05) is 11.9 Å². The fourth-order valence-electron chi connectivity index (χ4n) is 3.53. The summed E-state index contributed by atoms with van der Waals surface area (Å²) in [7, 11) is 0. The van der Waals surface area contributed by atoms with Crippen LogP contribution in [-0.2, 0) is 21.4 Å². The van der Waals surface area contributed by atoms with Crippen LogP contribution in [-0.4, -0.2) is 56.3 Å². The second-order valence-electron chi connectivity index (χ2n) is 10.6. The third-order valence-corrected chi connectivity index (χ3v) is 6.68. The van der Waals surface area contributed by atoms with E-state index in [0.29, 0.717) is 27.1 Å². The van der Waals surface area contributed by atoms with Gasteiger partial charge in [0.25, 0.3) is 5.91 Å². The number of carbonyl (C=O) groups is 3. The zero-order chi connectivity index (χ0) is 32.0. The van der Waals surface area contributed by atoms with Crippen LogP contribution in [0.3, 0.4) is 0 Å². The van der Waals surface area contributed by atoms with Gasteiger partial charge in [-0.05, 0) is 56.2 Å². The van der Waals surface area contributed by atoms with Crippen molar-refractivity contribution in [2.24, 2.45) is 0 Å². The van der Waals surface area contributed by atoms with E-state index >= 15 is 0 Å². The van der Waals surface area contributed by atoms with Crippen LogP contribution in [0.4, 0.5) is 19.0 Å². The van der Waals surface area contributed by atoms with Crippen LogP contribution in [0.1, 0.15) is 63.2 Å².